The van der Waals surface area contributed by atoms with Crippen LogP contribution in [0.3, 0.4) is 0 Å². The molecule has 1 aromatic carbocycles. The molecule has 0 bridgehead atoms. The minimum Gasteiger partial charge on any atom is -0.860 e. The van der Waals surface area contributed by atoms with E-state index in [1.807, 2.05) is 19.9 Å². The zero-order chi connectivity index (χ0) is 9.14. The van der Waals surface area contributed by atoms with Crippen molar-refractivity contribution in [3.8, 4) is 5.75 Å². The van der Waals surface area contributed by atoms with E-state index in [0.717, 1.165) is 11.1 Å². The molecular formula is C8H9BLi2O3. The fraction of sp³-hybridized carbons (Fsp3) is 0.250. The van der Waals surface area contributed by atoms with Crippen LogP contribution in [0.15, 0.2) is 18.2 Å². The Balaban J connectivity index is 0. The Labute approximate surface area is 108 Å². The summed E-state index contributed by atoms with van der Waals surface area (Å²) in [6.45, 7) is 3.76. The second-order valence-corrected chi connectivity index (χ2v) is 2.73. The van der Waals surface area contributed by atoms with Gasteiger partial charge in [0.25, 0.3) is 0 Å². The summed E-state index contributed by atoms with van der Waals surface area (Å²) < 4.78 is 4.46. The second kappa shape index (κ2) is 7.49. The van der Waals surface area contributed by atoms with E-state index in [4.69, 9.17) is 0 Å². The molecule has 3 nitrogen and oxygen atoms in total. The molecule has 0 fully saturated rings. The van der Waals surface area contributed by atoms with Gasteiger partial charge in [-0.25, -0.2) is 0 Å². The fourth-order valence-corrected chi connectivity index (χ4v) is 1.11. The Morgan fingerprint density at radius 2 is 1.43 bits per heavy atom. The third kappa shape index (κ3) is 5.83. The fourth-order valence-electron chi connectivity index (χ4n) is 1.11. The van der Waals surface area contributed by atoms with Crippen LogP contribution in [0.25, 0.3) is 0 Å². The first kappa shape index (κ1) is 16.6. The molecule has 14 heavy (non-hydrogen) atoms. The summed E-state index contributed by atoms with van der Waals surface area (Å²) in [5, 5.41) is 20.3. The number of hydrogen-bond acceptors (Lipinski definition) is 3. The maximum atomic E-state index is 10.1. The molecule has 0 aromatic heterocycles. The molecule has 6 heteroatoms. The van der Waals surface area contributed by atoms with Crippen LogP contribution in [-0.2, 0) is 0 Å². The molecule has 0 saturated heterocycles. The zero-order valence-corrected chi connectivity index (χ0v) is 9.03. The monoisotopic (exact) mass is 178 g/mol. The maximum Gasteiger partial charge on any atom is 1.00 e. The third-order valence-corrected chi connectivity index (χ3v) is 1.43. The summed E-state index contributed by atoms with van der Waals surface area (Å²) >= 11 is 0. The van der Waals surface area contributed by atoms with Crippen LogP contribution in [0.5, 0.6) is 5.75 Å². The summed E-state index contributed by atoms with van der Waals surface area (Å²) in [7, 11) is -2.24. The van der Waals surface area contributed by atoms with Gasteiger partial charge in [0, 0.05) is 0 Å². The molecule has 1 aromatic rings. The molecule has 0 N–H and O–H groups in total. The summed E-state index contributed by atoms with van der Waals surface area (Å²) in [4.78, 5) is 0. The molecule has 0 atom stereocenters. The molecule has 0 aliphatic carbocycles. The standard InChI is InChI=1S/C8H9BO3.2Li/c1-6-3-7(2)5-8(4-6)12-9(10)11;;/h3-5H,1-2H3;;/q-2;2*+1. The summed E-state index contributed by atoms with van der Waals surface area (Å²) in [5.41, 5.74) is 1.95. The van der Waals surface area contributed by atoms with Crippen LogP contribution in [-0.4, -0.2) is 7.32 Å². The largest absolute Gasteiger partial charge is 1.00 e. The molecular weight excluding hydrogens is 169 g/mol. The predicted octanol–water partition coefficient (Wildman–Crippen LogP) is -6.60. The van der Waals surface area contributed by atoms with Crippen molar-refractivity contribution in [2.24, 2.45) is 0 Å². The van der Waals surface area contributed by atoms with Crippen LogP contribution in [0.4, 0.5) is 0 Å². The Morgan fingerprint density at radius 1 is 1.00 bits per heavy atom. The average Bonchev–Trinajstić information content (AvgIpc) is 1.81. The van der Waals surface area contributed by atoms with Gasteiger partial charge in [0.05, 0.1) is 5.75 Å². The second-order valence-electron chi connectivity index (χ2n) is 2.73. The van der Waals surface area contributed by atoms with E-state index in [0.29, 0.717) is 5.75 Å². The topological polar surface area (TPSA) is 55.3 Å². The van der Waals surface area contributed by atoms with Crippen molar-refractivity contribution in [1.29, 1.82) is 0 Å². The smallest absolute Gasteiger partial charge is 0.860 e. The third-order valence-electron chi connectivity index (χ3n) is 1.43. The van der Waals surface area contributed by atoms with Gasteiger partial charge in [-0.05, 0) is 37.1 Å². The first-order valence-corrected chi connectivity index (χ1v) is 3.64. The van der Waals surface area contributed by atoms with Gasteiger partial charge in [-0.2, -0.15) is 0 Å². The number of aryl methyl sites for hydroxylation is 2. The van der Waals surface area contributed by atoms with E-state index in [9.17, 15) is 10.0 Å². The van der Waals surface area contributed by atoms with Crippen molar-refractivity contribution in [3.05, 3.63) is 29.3 Å². The van der Waals surface area contributed by atoms with Gasteiger partial charge in [-0.3, -0.25) is 0 Å². The van der Waals surface area contributed by atoms with Crippen LogP contribution in [0, 0.1) is 13.8 Å². The quantitative estimate of drug-likeness (QED) is 0.423. The normalized spacial score (nSPS) is 8.29. The van der Waals surface area contributed by atoms with Gasteiger partial charge in [0.15, 0.2) is 0 Å². The van der Waals surface area contributed by atoms with Crippen LogP contribution in [0.2, 0.25) is 0 Å². The van der Waals surface area contributed by atoms with Crippen molar-refractivity contribution >= 4 is 7.32 Å². The number of hydrogen-bond donors (Lipinski definition) is 0. The Hall–Kier alpha value is 0.200. The first-order valence-electron chi connectivity index (χ1n) is 3.64. The molecule has 0 amide bonds. The minimum absolute atomic E-state index is 0. The van der Waals surface area contributed by atoms with E-state index < -0.39 is 7.32 Å². The Kier molecular flexibility index (Phi) is 8.89. The van der Waals surface area contributed by atoms with Gasteiger partial charge in [0.2, 0.25) is 0 Å². The molecule has 0 aliphatic heterocycles. The van der Waals surface area contributed by atoms with E-state index in [-0.39, 0.29) is 37.7 Å². The van der Waals surface area contributed by atoms with Gasteiger partial charge in [-0.1, -0.05) is 6.07 Å². The summed E-state index contributed by atoms with van der Waals surface area (Å²) in [6.07, 6.45) is 0. The number of benzene rings is 1. The van der Waals surface area contributed by atoms with Crippen LogP contribution in [0.1, 0.15) is 11.1 Å². The average molecular weight is 178 g/mol. The summed E-state index contributed by atoms with van der Waals surface area (Å²) in [6, 6.07) is 5.27. The molecule has 0 heterocycles. The minimum atomic E-state index is -2.24. The Morgan fingerprint density at radius 3 is 1.79 bits per heavy atom. The SMILES string of the molecule is Cc1cc(C)cc(OB([O-])[O-])c1.[Li+].[Li+]. The molecule has 0 unspecified atom stereocenters. The molecule has 0 radical (unpaired) electrons. The van der Waals surface area contributed by atoms with Crippen molar-refractivity contribution in [3.63, 3.8) is 0 Å². The van der Waals surface area contributed by atoms with Gasteiger partial charge in [0.1, 0.15) is 7.32 Å². The first-order chi connectivity index (χ1) is 5.58. The van der Waals surface area contributed by atoms with E-state index >= 15 is 0 Å². The molecule has 0 saturated carbocycles. The molecule has 0 aliphatic rings. The number of rotatable bonds is 2. The van der Waals surface area contributed by atoms with E-state index in [1.54, 1.807) is 12.1 Å². The predicted molar refractivity (Wildman–Crippen MR) is 42.3 cm³/mol. The van der Waals surface area contributed by atoms with Crippen molar-refractivity contribution in [2.75, 3.05) is 0 Å². The van der Waals surface area contributed by atoms with E-state index in [2.05, 4.69) is 4.65 Å². The zero-order valence-electron chi connectivity index (χ0n) is 9.03. The van der Waals surface area contributed by atoms with Crippen LogP contribution < -0.4 is 52.4 Å². The van der Waals surface area contributed by atoms with Crippen molar-refractivity contribution in [2.45, 2.75) is 13.8 Å². The van der Waals surface area contributed by atoms with Gasteiger partial charge in [-0.15, -0.1) is 0 Å². The molecule has 0 spiro atoms. The van der Waals surface area contributed by atoms with E-state index in [1.165, 1.54) is 0 Å². The molecule has 64 valence electrons. The van der Waals surface area contributed by atoms with Gasteiger partial charge < -0.3 is 14.7 Å². The molecule has 1 rings (SSSR count). The van der Waals surface area contributed by atoms with Crippen LogP contribution >= 0.6 is 0 Å². The Bertz CT molecular complexity index is 261. The van der Waals surface area contributed by atoms with Crippen molar-refractivity contribution < 1.29 is 52.4 Å². The maximum absolute atomic E-state index is 10.1. The van der Waals surface area contributed by atoms with Gasteiger partial charge >= 0.3 is 37.7 Å². The van der Waals surface area contributed by atoms with Crippen molar-refractivity contribution in [1.82, 2.24) is 0 Å². The summed E-state index contributed by atoms with van der Waals surface area (Å²) in [5.74, 6) is 0.350.